The van der Waals surface area contributed by atoms with E-state index >= 15 is 0 Å². The van der Waals surface area contributed by atoms with Gasteiger partial charge in [-0.2, -0.15) is 5.10 Å². The van der Waals surface area contributed by atoms with Gasteiger partial charge in [0.15, 0.2) is 21.8 Å². The largest absolute Gasteiger partial charge is 0.497 e. The van der Waals surface area contributed by atoms with Crippen LogP contribution in [0.2, 0.25) is 0 Å². The number of carbonyl (C=O) groups is 1. The molecule has 144 valence electrons. The molecule has 8 heteroatoms. The predicted molar refractivity (Wildman–Crippen MR) is 112 cm³/mol. The number of nitrogens with zero attached hydrogens (tertiary/aromatic N) is 4. The predicted octanol–water partition coefficient (Wildman–Crippen LogP) is 3.91. The summed E-state index contributed by atoms with van der Waals surface area (Å²) in [5, 5.41) is 13.6. The third-order valence-corrected chi connectivity index (χ3v) is 5.09. The van der Waals surface area contributed by atoms with Gasteiger partial charge in [0.25, 0.3) is 0 Å². The SMILES string of the molecule is COc1ccc(-c2nnc(SC(=NNc3cccc(C)c3)C(C)=O)n2C)cc1. The van der Waals surface area contributed by atoms with Crippen LogP contribution in [0, 0.1) is 6.92 Å². The number of aromatic nitrogens is 3. The number of methoxy groups -OCH3 is 1. The fourth-order valence-electron chi connectivity index (χ4n) is 2.49. The van der Waals surface area contributed by atoms with Crippen LogP contribution in [0.4, 0.5) is 5.69 Å². The summed E-state index contributed by atoms with van der Waals surface area (Å²) < 4.78 is 7.01. The van der Waals surface area contributed by atoms with Gasteiger partial charge in [0.05, 0.1) is 12.8 Å². The van der Waals surface area contributed by atoms with E-state index < -0.39 is 0 Å². The molecule has 0 saturated heterocycles. The molecule has 0 atom stereocenters. The number of ketones is 1. The Morgan fingerprint density at radius 1 is 1.18 bits per heavy atom. The zero-order valence-electron chi connectivity index (χ0n) is 16.1. The molecule has 0 bridgehead atoms. The van der Waals surface area contributed by atoms with Crippen molar-refractivity contribution >= 4 is 28.3 Å². The first-order valence-corrected chi connectivity index (χ1v) is 9.42. The summed E-state index contributed by atoms with van der Waals surface area (Å²) in [5.41, 5.74) is 5.76. The number of anilines is 1. The fourth-order valence-corrected chi connectivity index (χ4v) is 3.20. The Hall–Kier alpha value is -3.13. The van der Waals surface area contributed by atoms with Crippen molar-refractivity contribution in [2.24, 2.45) is 12.1 Å². The molecule has 0 aliphatic rings. The quantitative estimate of drug-likeness (QED) is 0.295. The van der Waals surface area contributed by atoms with E-state index in [2.05, 4.69) is 20.7 Å². The number of nitrogens with one attached hydrogen (secondary N) is 1. The summed E-state index contributed by atoms with van der Waals surface area (Å²) in [6, 6.07) is 15.3. The minimum atomic E-state index is -0.154. The number of hydrazone groups is 1. The normalized spacial score (nSPS) is 11.4. The van der Waals surface area contributed by atoms with Crippen molar-refractivity contribution < 1.29 is 9.53 Å². The summed E-state index contributed by atoms with van der Waals surface area (Å²) in [7, 11) is 3.48. The molecule has 0 aliphatic heterocycles. The number of carbonyl (C=O) groups excluding carboxylic acids is 1. The maximum atomic E-state index is 12.0. The molecule has 0 amide bonds. The Morgan fingerprint density at radius 2 is 1.93 bits per heavy atom. The van der Waals surface area contributed by atoms with E-state index in [4.69, 9.17) is 4.74 Å². The lowest BCUT2D eigenvalue weighted by atomic mass is 10.2. The number of ether oxygens (including phenoxy) is 1. The average Bonchev–Trinajstić information content (AvgIpc) is 3.05. The van der Waals surface area contributed by atoms with E-state index in [0.717, 1.165) is 22.6 Å². The highest BCUT2D eigenvalue weighted by Gasteiger charge is 2.16. The molecule has 0 unspecified atom stereocenters. The first-order valence-electron chi connectivity index (χ1n) is 8.61. The van der Waals surface area contributed by atoms with Crippen molar-refractivity contribution in [3.8, 4) is 17.1 Å². The molecule has 28 heavy (non-hydrogen) atoms. The van der Waals surface area contributed by atoms with Gasteiger partial charge in [-0.1, -0.05) is 12.1 Å². The third kappa shape index (κ3) is 4.58. The minimum absolute atomic E-state index is 0.154. The van der Waals surface area contributed by atoms with Crippen LogP contribution in [0.1, 0.15) is 12.5 Å². The Kier molecular flexibility index (Phi) is 6.10. The van der Waals surface area contributed by atoms with Crippen LogP contribution in [0.15, 0.2) is 58.8 Å². The Morgan fingerprint density at radius 3 is 2.57 bits per heavy atom. The van der Waals surface area contributed by atoms with Crippen molar-refractivity contribution in [3.05, 3.63) is 54.1 Å². The molecule has 7 nitrogen and oxygen atoms in total. The van der Waals surface area contributed by atoms with Crippen molar-refractivity contribution in [2.45, 2.75) is 19.0 Å². The number of Topliss-reactive ketones (excluding diaryl/α,β-unsaturated/α-hetero) is 1. The number of rotatable bonds is 6. The number of aryl methyl sites for hydroxylation is 1. The first kappa shape index (κ1) is 19.6. The van der Waals surface area contributed by atoms with Gasteiger partial charge in [-0.25, -0.2) is 0 Å². The average molecular weight is 395 g/mol. The molecule has 0 fully saturated rings. The number of hydrogen-bond acceptors (Lipinski definition) is 7. The van der Waals surface area contributed by atoms with Crippen LogP contribution in [0.3, 0.4) is 0 Å². The summed E-state index contributed by atoms with van der Waals surface area (Å²) in [6.07, 6.45) is 0. The highest BCUT2D eigenvalue weighted by atomic mass is 32.2. The monoisotopic (exact) mass is 395 g/mol. The van der Waals surface area contributed by atoms with Crippen molar-refractivity contribution in [3.63, 3.8) is 0 Å². The molecule has 1 aromatic heterocycles. The molecule has 1 heterocycles. The molecule has 0 spiro atoms. The van der Waals surface area contributed by atoms with Gasteiger partial charge in [0, 0.05) is 19.5 Å². The zero-order valence-corrected chi connectivity index (χ0v) is 16.9. The van der Waals surface area contributed by atoms with Crippen molar-refractivity contribution in [1.29, 1.82) is 0 Å². The van der Waals surface area contributed by atoms with Gasteiger partial charge in [-0.3, -0.25) is 10.2 Å². The lowest BCUT2D eigenvalue weighted by Gasteiger charge is -2.06. The molecule has 1 N–H and O–H groups in total. The standard InChI is InChI=1S/C20H21N5O2S/c1-13-6-5-7-16(12-13)21-23-19(14(2)26)28-20-24-22-18(25(20)3)15-8-10-17(27-4)11-9-15/h5-12,21H,1-4H3. The maximum absolute atomic E-state index is 12.0. The second kappa shape index (κ2) is 8.71. The number of thioether (sulfide) groups is 1. The first-order chi connectivity index (χ1) is 13.5. The zero-order chi connectivity index (χ0) is 20.1. The van der Waals surface area contributed by atoms with Gasteiger partial charge in [0.2, 0.25) is 0 Å². The molecule has 3 aromatic rings. The summed E-state index contributed by atoms with van der Waals surface area (Å²) in [5.74, 6) is 1.31. The van der Waals surface area contributed by atoms with Crippen molar-refractivity contribution in [2.75, 3.05) is 12.5 Å². The molecule has 0 saturated carbocycles. The number of benzene rings is 2. The lowest BCUT2D eigenvalue weighted by Crippen LogP contribution is -2.09. The maximum Gasteiger partial charge on any atom is 0.197 e. The molecule has 0 aliphatic carbocycles. The van der Waals surface area contributed by atoms with Gasteiger partial charge in [-0.05, 0) is 60.6 Å². The summed E-state index contributed by atoms with van der Waals surface area (Å²) >= 11 is 1.17. The lowest BCUT2D eigenvalue weighted by molar-refractivity contribution is -0.110. The van der Waals surface area contributed by atoms with Gasteiger partial charge < -0.3 is 9.30 Å². The van der Waals surface area contributed by atoms with Gasteiger partial charge >= 0.3 is 0 Å². The van der Waals surface area contributed by atoms with E-state index in [1.165, 1.54) is 18.7 Å². The molecular formula is C20H21N5O2S. The van der Waals surface area contributed by atoms with Crippen LogP contribution in [0.5, 0.6) is 5.75 Å². The van der Waals surface area contributed by atoms with Crippen LogP contribution in [0.25, 0.3) is 11.4 Å². The Labute approximate surface area is 167 Å². The van der Waals surface area contributed by atoms with Crippen LogP contribution in [-0.2, 0) is 11.8 Å². The smallest absolute Gasteiger partial charge is 0.197 e. The van der Waals surface area contributed by atoms with Gasteiger partial charge in [0.1, 0.15) is 5.75 Å². The summed E-state index contributed by atoms with van der Waals surface area (Å²) in [6.45, 7) is 3.47. The molecule has 0 radical (unpaired) electrons. The van der Waals surface area contributed by atoms with Gasteiger partial charge in [-0.15, -0.1) is 10.2 Å². The molecular weight excluding hydrogens is 374 g/mol. The van der Waals surface area contributed by atoms with E-state index in [1.807, 2.05) is 67.1 Å². The van der Waals surface area contributed by atoms with Crippen LogP contribution < -0.4 is 10.2 Å². The second-order valence-electron chi connectivity index (χ2n) is 6.15. The topological polar surface area (TPSA) is 81.4 Å². The van der Waals surface area contributed by atoms with Crippen molar-refractivity contribution in [1.82, 2.24) is 14.8 Å². The van der Waals surface area contributed by atoms with E-state index in [0.29, 0.717) is 16.0 Å². The highest BCUT2D eigenvalue weighted by molar-refractivity contribution is 8.15. The third-order valence-electron chi connectivity index (χ3n) is 3.98. The molecule has 3 rings (SSSR count). The van der Waals surface area contributed by atoms with Crippen LogP contribution in [-0.4, -0.2) is 32.7 Å². The number of hydrogen-bond donors (Lipinski definition) is 1. The Balaban J connectivity index is 1.81. The summed E-state index contributed by atoms with van der Waals surface area (Å²) in [4.78, 5) is 12.0. The Bertz CT molecular complexity index is 1010. The second-order valence-corrected chi connectivity index (χ2v) is 7.11. The molecule has 2 aromatic carbocycles. The van der Waals surface area contributed by atoms with Crippen LogP contribution >= 0.6 is 11.8 Å². The van der Waals surface area contributed by atoms with E-state index in [9.17, 15) is 4.79 Å². The van der Waals surface area contributed by atoms with E-state index in [1.54, 1.807) is 7.11 Å². The van der Waals surface area contributed by atoms with E-state index in [-0.39, 0.29) is 5.78 Å². The minimum Gasteiger partial charge on any atom is -0.497 e. The highest BCUT2D eigenvalue weighted by Crippen LogP contribution is 2.25. The fraction of sp³-hybridized carbons (Fsp3) is 0.200.